The van der Waals surface area contributed by atoms with Gasteiger partial charge in [0.2, 0.25) is 0 Å². The maximum Gasteiger partial charge on any atom is 0.289 e. The number of pyridine rings is 1. The summed E-state index contributed by atoms with van der Waals surface area (Å²) in [5, 5.41) is 18.0. The molecule has 0 fully saturated rings. The fourth-order valence-corrected chi connectivity index (χ4v) is 4.52. The predicted molar refractivity (Wildman–Crippen MR) is 144 cm³/mol. The summed E-state index contributed by atoms with van der Waals surface area (Å²) in [6.07, 6.45) is 3.09. The lowest BCUT2D eigenvalue weighted by Gasteiger charge is -2.20. The van der Waals surface area contributed by atoms with Crippen LogP contribution >= 0.6 is 0 Å². The van der Waals surface area contributed by atoms with Crippen LogP contribution in [0.25, 0.3) is 27.6 Å². The molecule has 2 N–H and O–H groups in total. The lowest BCUT2D eigenvalue weighted by atomic mass is 9.86. The van der Waals surface area contributed by atoms with Gasteiger partial charge in [0.1, 0.15) is 18.1 Å². The number of aliphatic imine (C=N–C) groups is 1. The molecular weight excluding hydrogens is 489 g/mol. The van der Waals surface area contributed by atoms with Gasteiger partial charge in [0.15, 0.2) is 0 Å². The van der Waals surface area contributed by atoms with Crippen LogP contribution in [0.5, 0.6) is 0 Å². The molecule has 0 saturated carbocycles. The first kappa shape index (κ1) is 25.3. The van der Waals surface area contributed by atoms with Crippen molar-refractivity contribution in [3.63, 3.8) is 0 Å². The molecule has 3 heterocycles. The summed E-state index contributed by atoms with van der Waals surface area (Å²) < 4.78 is 23.1. The van der Waals surface area contributed by atoms with E-state index in [0.29, 0.717) is 40.9 Å². The number of aliphatic hydroxyl groups is 1. The first-order valence-electron chi connectivity index (χ1n) is 12.2. The molecule has 0 atom stereocenters. The molecule has 0 radical (unpaired) electrons. The largest absolute Gasteiger partial charge is 0.463 e. The summed E-state index contributed by atoms with van der Waals surface area (Å²) in [4.78, 5) is 30.4. The zero-order valence-corrected chi connectivity index (χ0v) is 21.6. The highest BCUT2D eigenvalue weighted by molar-refractivity contribution is 5.90. The first-order chi connectivity index (χ1) is 18.1. The van der Waals surface area contributed by atoms with E-state index in [2.05, 4.69) is 15.4 Å². The highest BCUT2D eigenvalue weighted by Crippen LogP contribution is 2.30. The van der Waals surface area contributed by atoms with Gasteiger partial charge >= 0.3 is 0 Å². The summed E-state index contributed by atoms with van der Waals surface area (Å²) in [6, 6.07) is 10.2. The third-order valence-corrected chi connectivity index (χ3v) is 6.56. The number of nitrogens with zero attached hydrogens (tertiary/aromatic N) is 4. The van der Waals surface area contributed by atoms with E-state index < -0.39 is 18.0 Å². The maximum atomic E-state index is 15.2. The van der Waals surface area contributed by atoms with Crippen molar-refractivity contribution in [1.82, 2.24) is 14.3 Å². The van der Waals surface area contributed by atoms with Crippen molar-refractivity contribution >= 4 is 22.5 Å². The van der Waals surface area contributed by atoms with E-state index in [1.165, 1.54) is 16.8 Å². The summed E-state index contributed by atoms with van der Waals surface area (Å²) >= 11 is 0. The number of aryl methyl sites for hydroxylation is 1. The molecule has 0 spiro atoms. The van der Waals surface area contributed by atoms with Crippen LogP contribution in [0.1, 0.15) is 31.9 Å². The van der Waals surface area contributed by atoms with Gasteiger partial charge < -0.3 is 19.7 Å². The van der Waals surface area contributed by atoms with Crippen LogP contribution < -0.4 is 16.4 Å². The molecule has 0 unspecified atom stereocenters. The molecule has 0 aliphatic carbocycles. The third-order valence-electron chi connectivity index (χ3n) is 6.56. The summed E-state index contributed by atoms with van der Waals surface area (Å²) in [6.45, 7) is 6.42. The third kappa shape index (κ3) is 4.47. The van der Waals surface area contributed by atoms with Crippen LogP contribution in [0.15, 0.2) is 63.4 Å². The Labute approximate surface area is 217 Å². The predicted octanol–water partition coefficient (Wildman–Crippen LogP) is 3.48. The quantitative estimate of drug-likeness (QED) is 0.429. The van der Waals surface area contributed by atoms with E-state index in [1.807, 2.05) is 20.8 Å². The minimum absolute atomic E-state index is 0.0757. The van der Waals surface area contributed by atoms with Crippen LogP contribution in [0.4, 0.5) is 10.1 Å². The number of ether oxygens (including phenoxy) is 1. The average Bonchev–Trinajstić information content (AvgIpc) is 3.38. The minimum atomic E-state index is -0.633. The molecule has 4 aromatic rings. The number of anilines is 1. The number of aromatic nitrogens is 3. The molecule has 196 valence electrons. The van der Waals surface area contributed by atoms with Crippen molar-refractivity contribution in [3.8, 4) is 16.8 Å². The molecule has 1 aliphatic heterocycles. The molecule has 10 heteroatoms. The van der Waals surface area contributed by atoms with Gasteiger partial charge in [-0.1, -0.05) is 32.9 Å². The topological polar surface area (TPSA) is 111 Å². The number of aliphatic hydroxyl groups excluding tert-OH is 1. The number of fused-ring (bicyclic) bond motifs is 1. The summed E-state index contributed by atoms with van der Waals surface area (Å²) in [7, 11) is 1.61. The maximum absolute atomic E-state index is 15.2. The number of amidine groups is 1. The Morgan fingerprint density at radius 3 is 2.63 bits per heavy atom. The van der Waals surface area contributed by atoms with Gasteiger partial charge in [-0.2, -0.15) is 9.78 Å². The van der Waals surface area contributed by atoms with E-state index in [-0.39, 0.29) is 28.1 Å². The van der Waals surface area contributed by atoms with Gasteiger partial charge in [-0.25, -0.2) is 9.38 Å². The molecule has 5 rings (SSSR count). The van der Waals surface area contributed by atoms with Gasteiger partial charge in [0.25, 0.3) is 17.1 Å². The van der Waals surface area contributed by atoms with Gasteiger partial charge in [0.05, 0.1) is 30.4 Å². The molecule has 9 nitrogen and oxygen atoms in total. The number of rotatable bonds is 4. The van der Waals surface area contributed by atoms with E-state index in [4.69, 9.17) is 4.74 Å². The first-order valence-corrected chi connectivity index (χ1v) is 12.2. The normalized spacial score (nSPS) is 13.5. The highest BCUT2D eigenvalue weighted by Gasteiger charge is 2.21. The van der Waals surface area contributed by atoms with E-state index >= 15 is 4.39 Å². The van der Waals surface area contributed by atoms with Crippen molar-refractivity contribution < 1.29 is 14.2 Å². The lowest BCUT2D eigenvalue weighted by Crippen LogP contribution is -2.25. The summed E-state index contributed by atoms with van der Waals surface area (Å²) in [5.41, 5.74) is 1.67. The Bertz CT molecular complexity index is 1720. The molecular formula is C28H28FN5O4. The van der Waals surface area contributed by atoms with E-state index in [9.17, 15) is 14.7 Å². The SMILES string of the molecule is Cn1cc(-c2cccc(-n3ncc4cc(C(C)(C)C)cc(F)c4c3=O)c2CO)cc(NC2=NCCO2)c1=O. The van der Waals surface area contributed by atoms with Crippen LogP contribution in [0.2, 0.25) is 0 Å². The second kappa shape index (κ2) is 9.53. The fourth-order valence-electron chi connectivity index (χ4n) is 4.52. The van der Waals surface area contributed by atoms with Gasteiger partial charge in [0, 0.05) is 29.8 Å². The van der Waals surface area contributed by atoms with Gasteiger partial charge in [-0.05, 0) is 40.8 Å². The number of halogens is 1. The Balaban J connectivity index is 1.66. The number of benzene rings is 2. The molecule has 0 amide bonds. The minimum Gasteiger partial charge on any atom is -0.463 e. The Morgan fingerprint density at radius 2 is 1.95 bits per heavy atom. The molecule has 38 heavy (non-hydrogen) atoms. The standard InChI is InChI=1S/C28H28FN5O4/c1-28(2,3)18-10-16-13-31-34(26(37)24(16)21(29)12-18)23-7-5-6-19(20(23)15-35)17-11-22(25(36)33(4)14-17)32-27-30-8-9-38-27/h5-7,10-14,35H,8-9,15H2,1-4H3,(H,30,32). The van der Waals surface area contributed by atoms with Crippen molar-refractivity contribution in [1.29, 1.82) is 0 Å². The van der Waals surface area contributed by atoms with E-state index in [1.54, 1.807) is 43.6 Å². The Morgan fingerprint density at radius 1 is 1.16 bits per heavy atom. The zero-order chi connectivity index (χ0) is 27.2. The fraction of sp³-hybridized carbons (Fsp3) is 0.286. The second-order valence-corrected chi connectivity index (χ2v) is 10.2. The molecule has 2 aromatic heterocycles. The Kier molecular flexibility index (Phi) is 6.36. The summed E-state index contributed by atoms with van der Waals surface area (Å²) in [5.74, 6) is -0.624. The monoisotopic (exact) mass is 517 g/mol. The second-order valence-electron chi connectivity index (χ2n) is 10.2. The zero-order valence-electron chi connectivity index (χ0n) is 21.6. The Hall–Kier alpha value is -4.31. The van der Waals surface area contributed by atoms with Crippen molar-refractivity contribution in [2.45, 2.75) is 32.8 Å². The molecule has 1 aliphatic rings. The molecule has 0 bridgehead atoms. The van der Waals surface area contributed by atoms with E-state index in [0.717, 1.165) is 10.2 Å². The number of hydrogen-bond donors (Lipinski definition) is 2. The van der Waals surface area contributed by atoms with Gasteiger partial charge in [-0.15, -0.1) is 0 Å². The number of hydrogen-bond acceptors (Lipinski definition) is 7. The number of nitrogens with one attached hydrogen (secondary N) is 1. The lowest BCUT2D eigenvalue weighted by molar-refractivity contribution is 0.282. The van der Waals surface area contributed by atoms with Crippen LogP contribution in [0.3, 0.4) is 0 Å². The highest BCUT2D eigenvalue weighted by atomic mass is 19.1. The average molecular weight is 518 g/mol. The smallest absolute Gasteiger partial charge is 0.289 e. The molecule has 0 saturated heterocycles. The van der Waals surface area contributed by atoms with Gasteiger partial charge in [-0.3, -0.25) is 9.59 Å². The van der Waals surface area contributed by atoms with Crippen LogP contribution in [-0.2, 0) is 23.8 Å². The molecule has 2 aromatic carbocycles. The van der Waals surface area contributed by atoms with Crippen molar-refractivity contribution in [2.75, 3.05) is 18.5 Å². The van der Waals surface area contributed by atoms with Crippen LogP contribution in [0, 0.1) is 5.82 Å². The van der Waals surface area contributed by atoms with Crippen LogP contribution in [-0.4, -0.2) is 38.6 Å². The van der Waals surface area contributed by atoms with Crippen molar-refractivity contribution in [3.05, 3.63) is 86.4 Å². The van der Waals surface area contributed by atoms with Crippen molar-refractivity contribution in [2.24, 2.45) is 12.0 Å².